The number of carbonyl (C=O) groups is 3. The number of pyridine rings is 1. The molecule has 2 aromatic heterocycles. The van der Waals surface area contributed by atoms with Crippen LogP contribution in [-0.4, -0.2) is 69.9 Å². The highest BCUT2D eigenvalue weighted by Crippen LogP contribution is 2.35. The Bertz CT molecular complexity index is 1320. The normalized spacial score (nSPS) is 18.9. The van der Waals surface area contributed by atoms with Gasteiger partial charge in [-0.15, -0.1) is 11.3 Å². The summed E-state index contributed by atoms with van der Waals surface area (Å²) in [7, 11) is 0. The number of nitrogens with one attached hydrogen (secondary N) is 1. The van der Waals surface area contributed by atoms with E-state index in [1.807, 2.05) is 41.9 Å². The molecular formula is C29H34N4O4S. The minimum Gasteiger partial charge on any atom is -0.480 e. The van der Waals surface area contributed by atoms with Gasteiger partial charge in [0.25, 0.3) is 5.91 Å². The molecule has 1 saturated carbocycles. The predicted molar refractivity (Wildman–Crippen MR) is 147 cm³/mol. The molecule has 1 aliphatic heterocycles. The number of amides is 2. The summed E-state index contributed by atoms with van der Waals surface area (Å²) < 4.78 is 0. The molecule has 2 N–H and O–H groups in total. The van der Waals surface area contributed by atoms with Crippen molar-refractivity contribution < 1.29 is 19.5 Å². The van der Waals surface area contributed by atoms with Gasteiger partial charge in [-0.1, -0.05) is 37.5 Å². The summed E-state index contributed by atoms with van der Waals surface area (Å²) >= 11 is 1.51. The summed E-state index contributed by atoms with van der Waals surface area (Å²) in [4.78, 5) is 46.3. The number of nitrogens with zero attached hydrogens (tertiary/aromatic N) is 3. The summed E-state index contributed by atoms with van der Waals surface area (Å²) in [5.41, 5.74) is 2.45. The van der Waals surface area contributed by atoms with Gasteiger partial charge < -0.3 is 15.3 Å². The highest BCUT2D eigenvalue weighted by atomic mass is 32.1. The molecule has 0 bridgehead atoms. The lowest BCUT2D eigenvalue weighted by Crippen LogP contribution is -2.52. The van der Waals surface area contributed by atoms with Crippen LogP contribution in [0.3, 0.4) is 0 Å². The molecule has 200 valence electrons. The molecule has 1 aliphatic carbocycles. The van der Waals surface area contributed by atoms with E-state index in [-0.39, 0.29) is 37.0 Å². The number of thiophene rings is 1. The third kappa shape index (κ3) is 5.89. The number of carbonyl (C=O) groups excluding carboxylic acids is 2. The Hall–Kier alpha value is -3.30. The van der Waals surface area contributed by atoms with Gasteiger partial charge in [-0.25, -0.2) is 0 Å². The molecule has 9 heteroatoms. The number of hydrogen-bond donors (Lipinski definition) is 2. The molecule has 1 aromatic carbocycles. The number of carboxylic acid groups (broad SMARTS) is 1. The molecular weight excluding hydrogens is 500 g/mol. The molecule has 1 unspecified atom stereocenters. The summed E-state index contributed by atoms with van der Waals surface area (Å²) in [6.45, 7) is 2.77. The van der Waals surface area contributed by atoms with Gasteiger partial charge in [0.05, 0.1) is 23.7 Å². The number of fused-ring (bicyclic) bond motifs is 1. The zero-order valence-corrected chi connectivity index (χ0v) is 22.5. The minimum atomic E-state index is -1.02. The summed E-state index contributed by atoms with van der Waals surface area (Å²) in [6, 6.07) is 11.8. The maximum Gasteiger partial charge on any atom is 0.323 e. The minimum absolute atomic E-state index is 0.0664. The fraction of sp³-hybridized carbons (Fsp3) is 0.448. The van der Waals surface area contributed by atoms with Gasteiger partial charge >= 0.3 is 5.97 Å². The molecule has 5 rings (SSSR count). The second kappa shape index (κ2) is 11.6. The van der Waals surface area contributed by atoms with Crippen LogP contribution in [0.4, 0.5) is 0 Å². The van der Waals surface area contributed by atoms with E-state index in [1.54, 1.807) is 0 Å². The Morgan fingerprint density at radius 1 is 1.16 bits per heavy atom. The first kappa shape index (κ1) is 26.3. The molecule has 0 spiro atoms. The summed E-state index contributed by atoms with van der Waals surface area (Å²) in [5.74, 6) is -0.773. The largest absolute Gasteiger partial charge is 0.480 e. The van der Waals surface area contributed by atoms with E-state index in [4.69, 9.17) is 5.11 Å². The van der Waals surface area contributed by atoms with Crippen molar-refractivity contribution in [1.29, 1.82) is 0 Å². The van der Waals surface area contributed by atoms with E-state index in [0.717, 1.165) is 34.2 Å². The predicted octanol–water partition coefficient (Wildman–Crippen LogP) is 4.31. The maximum atomic E-state index is 13.2. The van der Waals surface area contributed by atoms with Gasteiger partial charge in [-0.2, -0.15) is 0 Å². The molecule has 8 nitrogen and oxygen atoms in total. The average Bonchev–Trinajstić information content (AvgIpc) is 3.40. The summed E-state index contributed by atoms with van der Waals surface area (Å²) in [5, 5.41) is 15.3. The maximum absolute atomic E-state index is 13.2. The first-order chi connectivity index (χ1) is 18.4. The lowest BCUT2D eigenvalue weighted by Gasteiger charge is -2.38. The van der Waals surface area contributed by atoms with Crippen LogP contribution in [0.15, 0.2) is 48.0 Å². The average molecular weight is 535 g/mol. The SMILES string of the molecule is C[C@H](NC(=O)c1csc(C(c2cnc3ccccc3c2)N2CCN(CC(=O)O)C(=O)C2)c1)C1CCCCC1. The van der Waals surface area contributed by atoms with Gasteiger partial charge in [0.15, 0.2) is 0 Å². The van der Waals surface area contributed by atoms with Gasteiger partial charge in [0, 0.05) is 41.0 Å². The molecule has 3 aromatic rings. The van der Waals surface area contributed by atoms with Crippen LogP contribution in [-0.2, 0) is 9.59 Å². The van der Waals surface area contributed by atoms with Gasteiger partial charge in [-0.05, 0) is 49.4 Å². The van der Waals surface area contributed by atoms with Crippen LogP contribution in [0.25, 0.3) is 10.9 Å². The van der Waals surface area contributed by atoms with E-state index in [0.29, 0.717) is 24.6 Å². The second-order valence-electron chi connectivity index (χ2n) is 10.4. The molecule has 2 aliphatic rings. The fourth-order valence-electron chi connectivity index (χ4n) is 5.73. The zero-order chi connectivity index (χ0) is 26.6. The standard InChI is InChI=1S/C29H34N4O4S/c1-19(20-7-3-2-4-8-20)31-29(37)23-14-25(38-18-23)28(22-13-21-9-5-6-10-24(21)30-15-22)33-12-11-32(17-27(35)36)26(34)16-33/h5-6,9-10,13-15,18-20,28H,2-4,7-8,11-12,16-17H2,1H3,(H,31,37)(H,35,36)/t19-,28?/m0/s1. The van der Waals surface area contributed by atoms with Crippen molar-refractivity contribution in [3.05, 3.63) is 64.0 Å². The van der Waals surface area contributed by atoms with E-state index in [1.165, 1.54) is 35.5 Å². The Kier molecular flexibility index (Phi) is 8.04. The molecule has 3 heterocycles. The number of carboxylic acids is 1. The zero-order valence-electron chi connectivity index (χ0n) is 21.6. The second-order valence-corrected chi connectivity index (χ2v) is 11.4. The third-order valence-electron chi connectivity index (χ3n) is 7.83. The Morgan fingerprint density at radius 3 is 2.71 bits per heavy atom. The van der Waals surface area contributed by atoms with Crippen molar-refractivity contribution >= 4 is 40.0 Å². The van der Waals surface area contributed by atoms with Crippen molar-refractivity contribution in [2.45, 2.75) is 51.1 Å². The van der Waals surface area contributed by atoms with Gasteiger partial charge in [0.2, 0.25) is 5.91 Å². The number of rotatable bonds is 8. The Morgan fingerprint density at radius 2 is 1.95 bits per heavy atom. The lowest BCUT2D eigenvalue weighted by atomic mass is 9.84. The molecule has 38 heavy (non-hydrogen) atoms. The molecule has 1 saturated heterocycles. The van der Waals surface area contributed by atoms with E-state index in [9.17, 15) is 14.4 Å². The molecule has 2 fully saturated rings. The van der Waals surface area contributed by atoms with Crippen LogP contribution in [0.1, 0.15) is 65.9 Å². The number of hydrogen-bond acceptors (Lipinski definition) is 6. The van der Waals surface area contributed by atoms with E-state index in [2.05, 4.69) is 28.2 Å². The van der Waals surface area contributed by atoms with E-state index >= 15 is 0 Å². The summed E-state index contributed by atoms with van der Waals surface area (Å²) in [6.07, 6.45) is 7.90. The monoisotopic (exact) mass is 534 g/mol. The van der Waals surface area contributed by atoms with Crippen LogP contribution in [0, 0.1) is 5.92 Å². The smallest absolute Gasteiger partial charge is 0.323 e. The van der Waals surface area contributed by atoms with Crippen LogP contribution >= 0.6 is 11.3 Å². The first-order valence-corrected chi connectivity index (χ1v) is 14.2. The van der Waals surface area contributed by atoms with Crippen molar-refractivity contribution in [3.63, 3.8) is 0 Å². The number of benzene rings is 1. The molecule has 2 amide bonds. The van der Waals surface area contributed by atoms with Crippen molar-refractivity contribution in [1.82, 2.24) is 20.1 Å². The van der Waals surface area contributed by atoms with Crippen LogP contribution in [0.5, 0.6) is 0 Å². The van der Waals surface area contributed by atoms with Crippen molar-refractivity contribution in [2.75, 3.05) is 26.2 Å². The lowest BCUT2D eigenvalue weighted by molar-refractivity contribution is -0.147. The van der Waals surface area contributed by atoms with Crippen LogP contribution in [0.2, 0.25) is 0 Å². The Labute approximate surface area is 226 Å². The number of piperazine rings is 1. The number of aromatic nitrogens is 1. The molecule has 0 radical (unpaired) electrons. The number of aliphatic carboxylic acids is 1. The highest BCUT2D eigenvalue weighted by Gasteiger charge is 2.33. The quantitative estimate of drug-likeness (QED) is 0.446. The number of para-hydroxylation sites is 1. The first-order valence-electron chi connectivity index (χ1n) is 13.4. The van der Waals surface area contributed by atoms with Crippen molar-refractivity contribution in [3.8, 4) is 0 Å². The van der Waals surface area contributed by atoms with Crippen LogP contribution < -0.4 is 5.32 Å². The topological polar surface area (TPSA) is 103 Å². The van der Waals surface area contributed by atoms with Gasteiger partial charge in [-0.3, -0.25) is 24.3 Å². The Balaban J connectivity index is 1.40. The van der Waals surface area contributed by atoms with Gasteiger partial charge in [0.1, 0.15) is 6.54 Å². The molecule has 2 atom stereocenters. The third-order valence-corrected chi connectivity index (χ3v) is 8.82. The van der Waals surface area contributed by atoms with E-state index < -0.39 is 5.97 Å². The van der Waals surface area contributed by atoms with Crippen molar-refractivity contribution in [2.24, 2.45) is 5.92 Å². The highest BCUT2D eigenvalue weighted by molar-refractivity contribution is 7.10. The fourth-order valence-corrected chi connectivity index (χ4v) is 6.77.